The Morgan fingerprint density at radius 2 is 2.15 bits per heavy atom. The Labute approximate surface area is 203 Å². The van der Waals surface area contributed by atoms with Gasteiger partial charge in [0.2, 0.25) is 11.2 Å². The van der Waals surface area contributed by atoms with E-state index < -0.39 is 6.04 Å². The number of ether oxygens (including phenoxy) is 1. The molecule has 2 amide bonds. The van der Waals surface area contributed by atoms with Crippen LogP contribution in [0.1, 0.15) is 27.5 Å². The highest BCUT2D eigenvalue weighted by Crippen LogP contribution is 2.31. The monoisotopic (exact) mass is 530 g/mol. The number of amides is 2. The molecule has 1 unspecified atom stereocenters. The summed E-state index contributed by atoms with van der Waals surface area (Å²) in [5.41, 5.74) is 3.32. The molecule has 170 valence electrons. The van der Waals surface area contributed by atoms with Gasteiger partial charge in [-0.25, -0.2) is 9.97 Å². The van der Waals surface area contributed by atoms with Crippen LogP contribution in [0.2, 0.25) is 5.28 Å². The minimum atomic E-state index is -0.612. The molecule has 2 heterocycles. The number of carbonyl (C=O) groups is 2. The van der Waals surface area contributed by atoms with Gasteiger partial charge in [-0.15, -0.1) is 0 Å². The Hall–Kier alpha value is -3.01. The zero-order valence-corrected chi connectivity index (χ0v) is 19.9. The van der Waals surface area contributed by atoms with Crippen LogP contribution >= 0.6 is 27.5 Å². The predicted molar refractivity (Wildman–Crippen MR) is 126 cm³/mol. The normalized spacial score (nSPS) is 13.6. The van der Waals surface area contributed by atoms with Gasteiger partial charge in [-0.05, 0) is 56.9 Å². The molecule has 1 aliphatic heterocycles. The van der Waals surface area contributed by atoms with Crippen LogP contribution in [0.4, 0.5) is 0 Å². The summed E-state index contributed by atoms with van der Waals surface area (Å²) in [5.74, 6) is 0.00145. The van der Waals surface area contributed by atoms with E-state index in [1.54, 1.807) is 43.6 Å². The number of aliphatic hydroxyl groups is 1. The van der Waals surface area contributed by atoms with Crippen molar-refractivity contribution in [3.05, 3.63) is 75.1 Å². The zero-order chi connectivity index (χ0) is 23.5. The first-order valence-corrected chi connectivity index (χ1v) is 11.2. The predicted octanol–water partition coefficient (Wildman–Crippen LogP) is 3.37. The van der Waals surface area contributed by atoms with Crippen LogP contribution < -0.4 is 10.1 Å². The van der Waals surface area contributed by atoms with Gasteiger partial charge < -0.3 is 20.1 Å². The van der Waals surface area contributed by atoms with Gasteiger partial charge >= 0.3 is 0 Å². The molecule has 0 saturated heterocycles. The lowest BCUT2D eigenvalue weighted by molar-refractivity contribution is -0.122. The number of nitrogens with one attached hydrogen (secondary N) is 1. The number of methoxy groups -OCH3 is 1. The number of hydrogen-bond acceptors (Lipinski definition) is 6. The summed E-state index contributed by atoms with van der Waals surface area (Å²) < 4.78 is 5.86. The third-order valence-corrected chi connectivity index (χ3v) is 6.09. The highest BCUT2D eigenvalue weighted by molar-refractivity contribution is 9.10. The average Bonchev–Trinajstić information content (AvgIpc) is 3.13. The van der Waals surface area contributed by atoms with Crippen LogP contribution in [0.25, 0.3) is 11.3 Å². The Bertz CT molecular complexity index is 1220. The molecule has 2 aromatic carbocycles. The molecular formula is C23H20BrClN4O4. The van der Waals surface area contributed by atoms with E-state index in [1.807, 2.05) is 12.1 Å². The Kier molecular flexibility index (Phi) is 6.92. The van der Waals surface area contributed by atoms with Crippen LogP contribution in [0.5, 0.6) is 5.75 Å². The lowest BCUT2D eigenvalue weighted by Gasteiger charge is -2.20. The third kappa shape index (κ3) is 5.00. The van der Waals surface area contributed by atoms with Gasteiger partial charge in [0.15, 0.2) is 0 Å². The van der Waals surface area contributed by atoms with E-state index in [0.29, 0.717) is 39.2 Å². The maximum Gasteiger partial charge on any atom is 0.254 e. The van der Waals surface area contributed by atoms with Crippen LogP contribution in [-0.2, 0) is 11.3 Å². The summed E-state index contributed by atoms with van der Waals surface area (Å²) in [4.78, 5) is 35.3. The van der Waals surface area contributed by atoms with Crippen molar-refractivity contribution in [2.45, 2.75) is 12.6 Å². The topological polar surface area (TPSA) is 105 Å². The Morgan fingerprint density at radius 1 is 1.33 bits per heavy atom. The number of rotatable bonds is 7. The molecule has 10 heteroatoms. The summed E-state index contributed by atoms with van der Waals surface area (Å²) in [6.45, 7) is -0.102. The van der Waals surface area contributed by atoms with Crippen LogP contribution in [0.3, 0.4) is 0 Å². The number of carbonyl (C=O) groups excluding carboxylic acids is 2. The quantitative estimate of drug-likeness (QED) is 0.453. The summed E-state index contributed by atoms with van der Waals surface area (Å²) in [6, 6.07) is 11.9. The standard InChI is InChI=1S/C23H20BrClN4O4/c1-33-16-4-2-3-13(7-16)19(12-30)27-20(31)11-29-10-15-6-5-14(8-17(15)22(29)32)21-18(24)9-26-23(25)28-21/h2-9,19,30H,10-12H2,1H3,(H,27,31). The second kappa shape index (κ2) is 9.86. The van der Waals surface area contributed by atoms with Crippen molar-refractivity contribution in [2.24, 2.45) is 0 Å². The third-order valence-electron chi connectivity index (χ3n) is 5.33. The number of nitrogens with zero attached hydrogens (tertiary/aromatic N) is 3. The molecule has 0 saturated carbocycles. The molecule has 0 radical (unpaired) electrons. The van der Waals surface area contributed by atoms with E-state index in [-0.39, 0.29) is 30.2 Å². The summed E-state index contributed by atoms with van der Waals surface area (Å²) >= 11 is 9.33. The van der Waals surface area contributed by atoms with Gasteiger partial charge in [0, 0.05) is 23.9 Å². The Balaban J connectivity index is 1.47. The smallest absolute Gasteiger partial charge is 0.254 e. The first-order chi connectivity index (χ1) is 15.9. The van der Waals surface area contributed by atoms with Gasteiger partial charge in [-0.1, -0.05) is 24.3 Å². The van der Waals surface area contributed by atoms with Crippen molar-refractivity contribution in [1.29, 1.82) is 0 Å². The second-order valence-electron chi connectivity index (χ2n) is 7.45. The number of halogens is 2. The van der Waals surface area contributed by atoms with Gasteiger partial charge in [0.05, 0.1) is 29.9 Å². The van der Waals surface area contributed by atoms with Crippen molar-refractivity contribution in [2.75, 3.05) is 20.3 Å². The molecule has 3 aromatic rings. The molecule has 0 bridgehead atoms. The van der Waals surface area contributed by atoms with Crippen molar-refractivity contribution in [1.82, 2.24) is 20.2 Å². The Morgan fingerprint density at radius 3 is 2.91 bits per heavy atom. The van der Waals surface area contributed by atoms with E-state index in [4.69, 9.17) is 16.3 Å². The molecule has 4 rings (SSSR count). The first kappa shape index (κ1) is 23.2. The lowest BCUT2D eigenvalue weighted by atomic mass is 10.0. The fourth-order valence-electron chi connectivity index (χ4n) is 3.69. The summed E-state index contributed by atoms with van der Waals surface area (Å²) in [6.07, 6.45) is 1.55. The largest absolute Gasteiger partial charge is 0.497 e. The maximum absolute atomic E-state index is 13.0. The van der Waals surface area contributed by atoms with Crippen molar-refractivity contribution in [3.8, 4) is 17.0 Å². The number of benzene rings is 2. The van der Waals surface area contributed by atoms with Crippen LogP contribution in [-0.4, -0.2) is 52.1 Å². The minimum Gasteiger partial charge on any atom is -0.497 e. The van der Waals surface area contributed by atoms with Crippen LogP contribution in [0.15, 0.2) is 53.1 Å². The second-order valence-corrected chi connectivity index (χ2v) is 8.64. The van der Waals surface area contributed by atoms with E-state index in [0.717, 1.165) is 5.56 Å². The number of fused-ring (bicyclic) bond motifs is 1. The maximum atomic E-state index is 13.0. The molecule has 8 nitrogen and oxygen atoms in total. The van der Waals surface area contributed by atoms with Crippen molar-refractivity contribution < 1.29 is 19.4 Å². The molecular weight excluding hydrogens is 512 g/mol. The molecule has 1 atom stereocenters. The highest BCUT2D eigenvalue weighted by atomic mass is 79.9. The fraction of sp³-hybridized carbons (Fsp3) is 0.217. The molecule has 1 aromatic heterocycles. The lowest BCUT2D eigenvalue weighted by Crippen LogP contribution is -2.40. The fourth-order valence-corrected chi connectivity index (χ4v) is 4.24. The van der Waals surface area contributed by atoms with E-state index in [9.17, 15) is 14.7 Å². The number of hydrogen-bond donors (Lipinski definition) is 2. The molecule has 2 N–H and O–H groups in total. The van der Waals surface area contributed by atoms with Crippen molar-refractivity contribution >= 4 is 39.3 Å². The molecule has 0 spiro atoms. The molecule has 1 aliphatic rings. The zero-order valence-electron chi connectivity index (χ0n) is 17.6. The highest BCUT2D eigenvalue weighted by Gasteiger charge is 2.30. The summed E-state index contributed by atoms with van der Waals surface area (Å²) in [5, 5.41) is 12.7. The van der Waals surface area contributed by atoms with Gasteiger partial charge in [0.25, 0.3) is 5.91 Å². The summed E-state index contributed by atoms with van der Waals surface area (Å²) in [7, 11) is 1.55. The molecule has 33 heavy (non-hydrogen) atoms. The van der Waals surface area contributed by atoms with E-state index in [2.05, 4.69) is 31.2 Å². The van der Waals surface area contributed by atoms with E-state index >= 15 is 0 Å². The minimum absolute atomic E-state index is 0.104. The molecule has 0 fully saturated rings. The van der Waals surface area contributed by atoms with Crippen LogP contribution in [0, 0.1) is 0 Å². The average molecular weight is 532 g/mol. The SMILES string of the molecule is COc1cccc(C(CO)NC(=O)CN2Cc3ccc(-c4nc(Cl)ncc4Br)cc3C2=O)c1. The van der Waals surface area contributed by atoms with Gasteiger partial charge in [-0.2, -0.15) is 0 Å². The first-order valence-electron chi connectivity index (χ1n) is 10.0. The van der Waals surface area contributed by atoms with Gasteiger partial charge in [0.1, 0.15) is 12.3 Å². The van der Waals surface area contributed by atoms with Crippen molar-refractivity contribution in [3.63, 3.8) is 0 Å². The number of aliphatic hydroxyl groups excluding tert-OH is 1. The number of aromatic nitrogens is 2. The van der Waals surface area contributed by atoms with Gasteiger partial charge in [-0.3, -0.25) is 9.59 Å². The molecule has 0 aliphatic carbocycles. The van der Waals surface area contributed by atoms with E-state index in [1.165, 1.54) is 4.90 Å².